The maximum absolute atomic E-state index is 12.7. The fourth-order valence-electron chi connectivity index (χ4n) is 4.81. The van der Waals surface area contributed by atoms with Crippen LogP contribution in [-0.2, 0) is 15.0 Å². The van der Waals surface area contributed by atoms with Crippen molar-refractivity contribution in [1.29, 1.82) is 0 Å². The second kappa shape index (κ2) is 10.6. The van der Waals surface area contributed by atoms with Gasteiger partial charge in [-0.05, 0) is 80.9 Å². The van der Waals surface area contributed by atoms with Crippen molar-refractivity contribution >= 4 is 6.09 Å². The maximum atomic E-state index is 12.7. The lowest BCUT2D eigenvalue weighted by Crippen LogP contribution is -2.43. The lowest BCUT2D eigenvalue weighted by atomic mass is 9.92. The van der Waals surface area contributed by atoms with Crippen LogP contribution >= 0.6 is 0 Å². The van der Waals surface area contributed by atoms with Crippen LogP contribution in [0.25, 0.3) is 11.1 Å². The van der Waals surface area contributed by atoms with E-state index in [2.05, 4.69) is 46.6 Å². The minimum Gasteiger partial charge on any atom is -0.491 e. The van der Waals surface area contributed by atoms with Crippen molar-refractivity contribution in [3.63, 3.8) is 0 Å². The summed E-state index contributed by atoms with van der Waals surface area (Å²) in [6.45, 7) is 8.43. The lowest BCUT2D eigenvalue weighted by molar-refractivity contribution is 0.0514. The summed E-state index contributed by atoms with van der Waals surface area (Å²) in [5.41, 5.74) is 2.74. The van der Waals surface area contributed by atoms with Crippen molar-refractivity contribution in [3.8, 4) is 16.9 Å². The van der Waals surface area contributed by atoms with Crippen molar-refractivity contribution in [2.75, 3.05) is 40.0 Å². The molecule has 5 rings (SSSR count). The smallest absolute Gasteiger partial charge is 0.408 e. The number of piperidine rings is 1. The van der Waals surface area contributed by atoms with Crippen LogP contribution in [0.4, 0.5) is 4.79 Å². The highest BCUT2D eigenvalue weighted by atomic mass is 16.6. The van der Waals surface area contributed by atoms with E-state index in [0.717, 1.165) is 61.3 Å². The van der Waals surface area contributed by atoms with Gasteiger partial charge in [-0.25, -0.2) is 4.79 Å². The average molecular weight is 453 g/mol. The SMILES string of the molecule is COCCOc1ccc(-c2ccc(C(C)(C)NC(=O)OC3CCN4CCC3CC4)cc2)cc1. The van der Waals surface area contributed by atoms with E-state index < -0.39 is 5.54 Å². The first-order chi connectivity index (χ1) is 15.9. The number of nitrogens with one attached hydrogen (secondary N) is 1. The van der Waals surface area contributed by atoms with E-state index in [9.17, 15) is 4.79 Å². The van der Waals surface area contributed by atoms with Crippen LogP contribution in [0.2, 0.25) is 0 Å². The number of methoxy groups -OCH3 is 1. The van der Waals surface area contributed by atoms with E-state index in [1.807, 2.05) is 26.0 Å². The van der Waals surface area contributed by atoms with Crippen molar-refractivity contribution in [3.05, 3.63) is 54.1 Å². The monoisotopic (exact) mass is 452 g/mol. The fourth-order valence-corrected chi connectivity index (χ4v) is 4.81. The number of benzene rings is 2. The van der Waals surface area contributed by atoms with Gasteiger partial charge in [-0.2, -0.15) is 0 Å². The number of carbonyl (C=O) groups is 1. The molecule has 0 aliphatic carbocycles. The number of nitrogens with zero attached hydrogens (tertiary/aromatic N) is 1. The second-order valence-electron chi connectivity index (χ2n) is 9.60. The Morgan fingerprint density at radius 2 is 1.55 bits per heavy atom. The van der Waals surface area contributed by atoms with Gasteiger partial charge in [-0.15, -0.1) is 0 Å². The van der Waals surface area contributed by atoms with Gasteiger partial charge in [-0.1, -0.05) is 36.4 Å². The normalized spacial score (nSPS) is 22.5. The third-order valence-corrected chi connectivity index (χ3v) is 6.91. The van der Waals surface area contributed by atoms with Crippen LogP contribution < -0.4 is 10.1 Å². The lowest BCUT2D eigenvalue weighted by Gasteiger charge is -2.31. The summed E-state index contributed by atoms with van der Waals surface area (Å²) in [6.07, 6.45) is 2.89. The van der Waals surface area contributed by atoms with Crippen LogP contribution in [0.5, 0.6) is 5.75 Å². The molecule has 0 saturated carbocycles. The number of hydrogen-bond acceptors (Lipinski definition) is 5. The number of hydrogen-bond donors (Lipinski definition) is 1. The van der Waals surface area contributed by atoms with Gasteiger partial charge in [-0.3, -0.25) is 0 Å². The van der Waals surface area contributed by atoms with Crippen molar-refractivity contribution in [2.45, 2.75) is 44.8 Å². The molecule has 33 heavy (non-hydrogen) atoms. The Kier molecular flexibility index (Phi) is 7.56. The number of fused-ring (bicyclic) bond motifs is 4. The Morgan fingerprint density at radius 3 is 2.18 bits per heavy atom. The van der Waals surface area contributed by atoms with Crippen LogP contribution in [0.1, 0.15) is 38.7 Å². The molecule has 1 atom stereocenters. The van der Waals surface area contributed by atoms with Gasteiger partial charge in [0.2, 0.25) is 0 Å². The molecule has 2 bridgehead atoms. The van der Waals surface area contributed by atoms with Crippen LogP contribution in [0.3, 0.4) is 0 Å². The zero-order chi connectivity index (χ0) is 23.3. The first-order valence-corrected chi connectivity index (χ1v) is 12.0. The molecule has 3 fully saturated rings. The molecule has 3 heterocycles. The molecule has 2 aromatic rings. The molecule has 3 saturated heterocycles. The average Bonchev–Trinajstić information content (AvgIpc) is 3.12. The second-order valence-corrected chi connectivity index (χ2v) is 9.60. The molecule has 3 aliphatic heterocycles. The quantitative estimate of drug-likeness (QED) is 0.582. The van der Waals surface area contributed by atoms with Crippen molar-refractivity contribution < 1.29 is 19.0 Å². The first-order valence-electron chi connectivity index (χ1n) is 12.0. The highest BCUT2D eigenvalue weighted by Gasteiger charge is 2.34. The molecule has 1 N–H and O–H groups in total. The van der Waals surface area contributed by atoms with Gasteiger partial charge >= 0.3 is 6.09 Å². The third-order valence-electron chi connectivity index (χ3n) is 6.91. The van der Waals surface area contributed by atoms with E-state index >= 15 is 0 Å². The molecule has 0 radical (unpaired) electrons. The van der Waals surface area contributed by atoms with Gasteiger partial charge in [0.05, 0.1) is 12.1 Å². The minimum absolute atomic E-state index is 0.0251. The molecule has 0 aromatic heterocycles. The number of alkyl carbamates (subject to hydrolysis) is 1. The molecule has 6 heteroatoms. The molecule has 1 amide bonds. The van der Waals surface area contributed by atoms with E-state index in [1.165, 1.54) is 0 Å². The first kappa shape index (κ1) is 23.6. The zero-order valence-corrected chi connectivity index (χ0v) is 20.0. The summed E-state index contributed by atoms with van der Waals surface area (Å²) in [5, 5.41) is 3.09. The van der Waals surface area contributed by atoms with Crippen LogP contribution in [0, 0.1) is 5.92 Å². The maximum Gasteiger partial charge on any atom is 0.408 e. The Morgan fingerprint density at radius 1 is 0.939 bits per heavy atom. The van der Waals surface area contributed by atoms with Crippen molar-refractivity contribution in [1.82, 2.24) is 10.2 Å². The molecule has 0 spiro atoms. The molecular formula is C27H36N2O4. The van der Waals surface area contributed by atoms with E-state index in [1.54, 1.807) is 7.11 Å². The van der Waals surface area contributed by atoms with E-state index in [-0.39, 0.29) is 12.2 Å². The topological polar surface area (TPSA) is 60.0 Å². The summed E-state index contributed by atoms with van der Waals surface area (Å²) in [5.74, 6) is 1.32. The Balaban J connectivity index is 1.34. The zero-order valence-electron chi connectivity index (χ0n) is 20.0. The number of ether oxygens (including phenoxy) is 3. The number of carbonyl (C=O) groups excluding carboxylic acids is 1. The van der Waals surface area contributed by atoms with Gasteiger partial charge < -0.3 is 24.4 Å². The largest absolute Gasteiger partial charge is 0.491 e. The highest BCUT2D eigenvalue weighted by molar-refractivity contribution is 5.69. The predicted octanol–water partition coefficient (Wildman–Crippen LogP) is 4.82. The minimum atomic E-state index is -0.527. The fraction of sp³-hybridized carbons (Fsp3) is 0.519. The van der Waals surface area contributed by atoms with E-state index in [0.29, 0.717) is 19.1 Å². The highest BCUT2D eigenvalue weighted by Crippen LogP contribution is 2.30. The van der Waals surface area contributed by atoms with Crippen molar-refractivity contribution in [2.24, 2.45) is 5.92 Å². The molecule has 178 valence electrons. The van der Waals surface area contributed by atoms with Gasteiger partial charge in [0.15, 0.2) is 0 Å². The van der Waals surface area contributed by atoms with Crippen LogP contribution in [-0.4, -0.2) is 57.1 Å². The summed E-state index contributed by atoms with van der Waals surface area (Å²) in [4.78, 5) is 15.2. The summed E-state index contributed by atoms with van der Waals surface area (Å²) >= 11 is 0. The molecule has 6 nitrogen and oxygen atoms in total. The Bertz CT molecular complexity index is 903. The van der Waals surface area contributed by atoms with Crippen LogP contribution in [0.15, 0.2) is 48.5 Å². The third kappa shape index (κ3) is 6.06. The van der Waals surface area contributed by atoms with Gasteiger partial charge in [0, 0.05) is 13.7 Å². The molecule has 1 unspecified atom stereocenters. The predicted molar refractivity (Wildman–Crippen MR) is 129 cm³/mol. The number of amides is 1. The molecular weight excluding hydrogens is 416 g/mol. The van der Waals surface area contributed by atoms with Gasteiger partial charge in [0.1, 0.15) is 18.5 Å². The van der Waals surface area contributed by atoms with E-state index in [4.69, 9.17) is 14.2 Å². The standard InChI is InChI=1S/C27H36N2O4/c1-27(2,28-26(30)33-25-14-17-29-15-12-22(25)13-16-29)23-8-4-20(5-9-23)21-6-10-24(11-7-21)32-19-18-31-3/h4-11,22,25H,12-19H2,1-3H3,(H,28,30). The Labute approximate surface area is 197 Å². The molecule has 3 aliphatic rings. The summed E-state index contributed by atoms with van der Waals surface area (Å²) in [6, 6.07) is 16.4. The Hall–Kier alpha value is -2.57. The number of rotatable bonds is 8. The summed E-state index contributed by atoms with van der Waals surface area (Å²) < 4.78 is 16.6. The summed E-state index contributed by atoms with van der Waals surface area (Å²) in [7, 11) is 1.66. The van der Waals surface area contributed by atoms with Gasteiger partial charge in [0.25, 0.3) is 0 Å². The molecule has 2 aromatic carbocycles.